The summed E-state index contributed by atoms with van der Waals surface area (Å²) < 4.78 is 29.0. The lowest BCUT2D eigenvalue weighted by Crippen LogP contribution is -2.45. The third kappa shape index (κ3) is 2.38. The maximum absolute atomic E-state index is 13.6. The van der Waals surface area contributed by atoms with Gasteiger partial charge in [-0.3, -0.25) is 4.31 Å². The molecular formula is C25H27NO2S. The Kier molecular flexibility index (Phi) is 4.08. The number of hydrogen-bond donors (Lipinski definition) is 0. The lowest BCUT2D eigenvalue weighted by atomic mass is 9.55. The van der Waals surface area contributed by atoms with Gasteiger partial charge < -0.3 is 0 Å². The van der Waals surface area contributed by atoms with Gasteiger partial charge in [0.1, 0.15) is 0 Å². The molecule has 2 aromatic carbocycles. The fourth-order valence-corrected chi connectivity index (χ4v) is 7.79. The quantitative estimate of drug-likeness (QED) is 0.636. The number of nitrogens with zero attached hydrogens (tertiary/aromatic N) is 1. The molecule has 29 heavy (non-hydrogen) atoms. The van der Waals surface area contributed by atoms with E-state index in [0.717, 1.165) is 48.9 Å². The molecular weight excluding hydrogens is 378 g/mol. The first kappa shape index (κ1) is 18.7. The van der Waals surface area contributed by atoms with Crippen LogP contribution in [0, 0.1) is 12.3 Å². The van der Waals surface area contributed by atoms with Gasteiger partial charge in [-0.05, 0) is 61.9 Å². The van der Waals surface area contributed by atoms with Crippen LogP contribution in [-0.2, 0) is 15.4 Å². The molecule has 2 atom stereocenters. The van der Waals surface area contributed by atoms with Gasteiger partial charge in [0.25, 0.3) is 10.0 Å². The van der Waals surface area contributed by atoms with Gasteiger partial charge >= 0.3 is 0 Å². The zero-order valence-corrected chi connectivity index (χ0v) is 17.7. The van der Waals surface area contributed by atoms with Crippen molar-refractivity contribution in [3.63, 3.8) is 0 Å². The molecule has 1 saturated carbocycles. The maximum atomic E-state index is 13.6. The van der Waals surface area contributed by atoms with Crippen LogP contribution in [0.4, 0.5) is 0 Å². The first-order chi connectivity index (χ1) is 13.9. The average molecular weight is 406 g/mol. The first-order valence-corrected chi connectivity index (χ1v) is 11.9. The molecule has 2 aromatic rings. The van der Waals surface area contributed by atoms with E-state index < -0.39 is 10.0 Å². The minimum Gasteiger partial charge on any atom is -0.270 e. The number of sulfonamides is 1. The van der Waals surface area contributed by atoms with Crippen molar-refractivity contribution < 1.29 is 8.42 Å². The molecule has 0 N–H and O–H groups in total. The lowest BCUT2D eigenvalue weighted by molar-refractivity contribution is 0.205. The second kappa shape index (κ2) is 6.33. The van der Waals surface area contributed by atoms with E-state index in [2.05, 4.69) is 30.9 Å². The molecule has 1 aliphatic heterocycles. The number of hydrogen-bond acceptors (Lipinski definition) is 2. The summed E-state index contributed by atoms with van der Waals surface area (Å²) in [5, 5.41) is 0. The van der Waals surface area contributed by atoms with Crippen molar-refractivity contribution in [2.24, 2.45) is 5.41 Å². The highest BCUT2D eigenvalue weighted by Crippen LogP contribution is 2.68. The fourth-order valence-electron chi connectivity index (χ4n) is 6.24. The van der Waals surface area contributed by atoms with Crippen molar-refractivity contribution in [2.45, 2.75) is 49.3 Å². The Balaban J connectivity index is 1.70. The minimum absolute atomic E-state index is 0.0486. The smallest absolute Gasteiger partial charge is 0.264 e. The van der Waals surface area contributed by atoms with Crippen LogP contribution in [0.5, 0.6) is 0 Å². The Hall–Kier alpha value is -2.33. The Morgan fingerprint density at radius 2 is 1.83 bits per heavy atom. The molecule has 0 bridgehead atoms. The van der Waals surface area contributed by atoms with E-state index in [0.29, 0.717) is 11.4 Å². The molecule has 0 amide bonds. The molecule has 1 heterocycles. The van der Waals surface area contributed by atoms with Crippen LogP contribution in [0.1, 0.15) is 48.8 Å². The normalized spacial score (nSPS) is 27.8. The molecule has 1 saturated heterocycles. The van der Waals surface area contributed by atoms with E-state index >= 15 is 0 Å². The number of allylic oxidation sites excluding steroid dienone is 2. The van der Waals surface area contributed by atoms with Gasteiger partial charge in [-0.2, -0.15) is 0 Å². The highest BCUT2D eigenvalue weighted by atomic mass is 32.2. The van der Waals surface area contributed by atoms with Crippen molar-refractivity contribution in [1.82, 2.24) is 4.31 Å². The molecule has 0 aromatic heterocycles. The number of rotatable bonds is 4. The standard InChI is InChI=1S/C25H27NO2S/c1-3-13-24-14-6-15-25(24)16-17-26(23(25)18-20-7-4-5-8-22(20)24)29(27,28)21-11-9-19(2)10-12-21/h3-5,7-12,18H,1,6,13-17H2,2H3/t24-,25+/m0/s1. The van der Waals surface area contributed by atoms with Gasteiger partial charge in [-0.15, -0.1) is 6.58 Å². The van der Waals surface area contributed by atoms with Gasteiger partial charge in [0, 0.05) is 23.1 Å². The molecule has 1 spiro atoms. The molecule has 3 nitrogen and oxygen atoms in total. The van der Waals surface area contributed by atoms with Crippen molar-refractivity contribution in [3.8, 4) is 0 Å². The van der Waals surface area contributed by atoms with Crippen LogP contribution < -0.4 is 0 Å². The predicted molar refractivity (Wildman–Crippen MR) is 117 cm³/mol. The van der Waals surface area contributed by atoms with Gasteiger partial charge in [0.2, 0.25) is 0 Å². The van der Waals surface area contributed by atoms with Crippen LogP contribution in [0.3, 0.4) is 0 Å². The highest BCUT2D eigenvalue weighted by molar-refractivity contribution is 7.89. The van der Waals surface area contributed by atoms with Crippen molar-refractivity contribution in [1.29, 1.82) is 0 Å². The highest BCUT2D eigenvalue weighted by Gasteiger charge is 2.63. The monoisotopic (exact) mass is 405 g/mol. The Morgan fingerprint density at radius 1 is 1.07 bits per heavy atom. The van der Waals surface area contributed by atoms with Crippen LogP contribution in [0.2, 0.25) is 0 Å². The number of aryl methyl sites for hydroxylation is 1. The van der Waals surface area contributed by atoms with E-state index in [1.54, 1.807) is 16.4 Å². The fraction of sp³-hybridized carbons (Fsp3) is 0.360. The second-order valence-corrected chi connectivity index (χ2v) is 10.6. The molecule has 0 unspecified atom stereocenters. The molecule has 0 radical (unpaired) electrons. The molecule has 2 aliphatic carbocycles. The predicted octanol–water partition coefficient (Wildman–Crippen LogP) is 5.43. The van der Waals surface area contributed by atoms with Gasteiger partial charge in [0.15, 0.2) is 0 Å². The van der Waals surface area contributed by atoms with E-state index in [4.69, 9.17) is 0 Å². The summed E-state index contributed by atoms with van der Waals surface area (Å²) in [5.74, 6) is 0. The minimum atomic E-state index is -3.57. The lowest BCUT2D eigenvalue weighted by Gasteiger charge is -2.48. The molecule has 3 aliphatic rings. The van der Waals surface area contributed by atoms with Crippen molar-refractivity contribution in [2.75, 3.05) is 6.54 Å². The van der Waals surface area contributed by atoms with Crippen LogP contribution in [0.25, 0.3) is 6.08 Å². The van der Waals surface area contributed by atoms with Crippen LogP contribution in [0.15, 0.2) is 71.8 Å². The van der Waals surface area contributed by atoms with Crippen molar-refractivity contribution >= 4 is 16.1 Å². The zero-order chi connectivity index (χ0) is 20.3. The van der Waals surface area contributed by atoms with Crippen molar-refractivity contribution in [3.05, 3.63) is 83.6 Å². The molecule has 4 heteroatoms. The zero-order valence-electron chi connectivity index (χ0n) is 16.9. The first-order valence-electron chi connectivity index (χ1n) is 10.5. The average Bonchev–Trinajstić information content (AvgIpc) is 3.27. The Morgan fingerprint density at radius 3 is 2.59 bits per heavy atom. The molecule has 150 valence electrons. The third-order valence-corrected chi connectivity index (χ3v) is 9.32. The van der Waals surface area contributed by atoms with Crippen LogP contribution >= 0.6 is 0 Å². The summed E-state index contributed by atoms with van der Waals surface area (Å²) in [6.07, 6.45) is 9.21. The SMILES string of the molecule is C=CC[C@@]12CCC[C@]13CCN(S(=O)(=O)c1ccc(C)cc1)C3=Cc1ccccc12. The summed E-state index contributed by atoms with van der Waals surface area (Å²) in [4.78, 5) is 0.382. The maximum Gasteiger partial charge on any atom is 0.264 e. The van der Waals surface area contributed by atoms with E-state index in [9.17, 15) is 8.42 Å². The number of benzene rings is 2. The third-order valence-electron chi connectivity index (χ3n) is 7.49. The summed E-state index contributed by atoms with van der Waals surface area (Å²) in [5.41, 5.74) is 4.42. The second-order valence-electron chi connectivity index (χ2n) is 8.77. The van der Waals surface area contributed by atoms with E-state index in [1.807, 2.05) is 31.2 Å². The number of fused-ring (bicyclic) bond motifs is 2. The van der Waals surface area contributed by atoms with Crippen LogP contribution in [-0.4, -0.2) is 19.3 Å². The molecule has 2 fully saturated rings. The van der Waals surface area contributed by atoms with Gasteiger partial charge in [-0.1, -0.05) is 54.5 Å². The summed E-state index contributed by atoms with van der Waals surface area (Å²) in [7, 11) is -3.57. The van der Waals surface area contributed by atoms with Gasteiger partial charge in [0.05, 0.1) is 4.90 Å². The Labute approximate surface area is 173 Å². The summed E-state index contributed by atoms with van der Waals surface area (Å²) in [6.45, 7) is 6.59. The van der Waals surface area contributed by atoms with E-state index in [-0.39, 0.29) is 10.8 Å². The van der Waals surface area contributed by atoms with Gasteiger partial charge in [-0.25, -0.2) is 8.42 Å². The summed E-state index contributed by atoms with van der Waals surface area (Å²) >= 11 is 0. The molecule has 5 rings (SSSR count). The summed E-state index contributed by atoms with van der Waals surface area (Å²) in [6, 6.07) is 15.8. The van der Waals surface area contributed by atoms with E-state index in [1.165, 1.54) is 5.56 Å². The Bertz CT molecular complexity index is 1120. The largest absolute Gasteiger partial charge is 0.270 e. The topological polar surface area (TPSA) is 37.4 Å².